The minimum atomic E-state index is -4.00. The molecule has 3 aromatic rings. The fourth-order valence-electron chi connectivity index (χ4n) is 3.60. The zero-order valence-electron chi connectivity index (χ0n) is 18.8. The number of nitrogens with zero attached hydrogens (tertiary/aromatic N) is 2. The van der Waals surface area contributed by atoms with Crippen molar-refractivity contribution >= 4 is 27.3 Å². The highest BCUT2D eigenvalue weighted by Gasteiger charge is 2.31. The van der Waals surface area contributed by atoms with Crippen LogP contribution in [-0.2, 0) is 27.9 Å². The molecule has 0 atom stereocenters. The lowest BCUT2D eigenvalue weighted by Crippen LogP contribution is -2.45. The summed E-state index contributed by atoms with van der Waals surface area (Å²) in [6, 6.07) is 13.4. The smallest absolute Gasteiger partial charge is 0.243 e. The van der Waals surface area contributed by atoms with Crippen LogP contribution in [0.3, 0.4) is 0 Å². The molecule has 10 heteroatoms. The van der Waals surface area contributed by atoms with Crippen LogP contribution in [0.1, 0.15) is 24.3 Å². The summed E-state index contributed by atoms with van der Waals surface area (Å²) in [4.78, 5) is 16.0. The first-order chi connectivity index (χ1) is 16.2. The minimum Gasteiger partial charge on any atom is -0.454 e. The van der Waals surface area contributed by atoms with E-state index in [0.717, 1.165) is 26.9 Å². The topological polar surface area (TPSA) is 76.2 Å². The number of benzene rings is 2. The van der Waals surface area contributed by atoms with E-state index in [9.17, 15) is 17.6 Å². The van der Waals surface area contributed by atoms with Crippen LogP contribution in [0, 0.1) is 5.82 Å². The Morgan fingerprint density at radius 1 is 1.06 bits per heavy atom. The van der Waals surface area contributed by atoms with Crippen molar-refractivity contribution in [3.05, 3.63) is 76.2 Å². The van der Waals surface area contributed by atoms with Crippen LogP contribution < -0.4 is 9.47 Å². The number of hydrogen-bond donors (Lipinski definition) is 0. The van der Waals surface area contributed by atoms with Gasteiger partial charge in [0.2, 0.25) is 22.7 Å². The first-order valence-electron chi connectivity index (χ1n) is 10.7. The van der Waals surface area contributed by atoms with Gasteiger partial charge in [0.1, 0.15) is 5.82 Å². The second kappa shape index (κ2) is 10.1. The van der Waals surface area contributed by atoms with Gasteiger partial charge < -0.3 is 14.4 Å². The Bertz CT molecular complexity index is 1240. The van der Waals surface area contributed by atoms with Gasteiger partial charge in [-0.25, -0.2) is 12.8 Å². The van der Waals surface area contributed by atoms with E-state index in [1.807, 2.05) is 29.6 Å². The number of carbonyl (C=O) groups excluding carboxylic acids is 1. The van der Waals surface area contributed by atoms with Crippen LogP contribution in [0.25, 0.3) is 0 Å². The maximum absolute atomic E-state index is 13.5. The third-order valence-corrected chi connectivity index (χ3v) is 8.27. The second-order valence-electron chi connectivity index (χ2n) is 8.11. The number of amides is 1. The monoisotopic (exact) mass is 504 g/mol. The van der Waals surface area contributed by atoms with Crippen molar-refractivity contribution in [2.45, 2.75) is 37.9 Å². The van der Waals surface area contributed by atoms with Crippen LogP contribution in [0.15, 0.2) is 64.9 Å². The van der Waals surface area contributed by atoms with Gasteiger partial charge in [0.15, 0.2) is 11.5 Å². The van der Waals surface area contributed by atoms with Gasteiger partial charge in [0, 0.05) is 17.5 Å². The number of sulfonamides is 1. The predicted octanol–water partition coefficient (Wildman–Crippen LogP) is 4.24. The minimum absolute atomic E-state index is 0.0593. The predicted molar refractivity (Wildman–Crippen MR) is 127 cm³/mol. The Labute approximate surface area is 202 Å². The fraction of sp³-hybridized carbons (Fsp3) is 0.292. The number of hydrogen-bond acceptors (Lipinski definition) is 6. The maximum Gasteiger partial charge on any atom is 0.243 e. The van der Waals surface area contributed by atoms with Gasteiger partial charge in [-0.3, -0.25) is 4.79 Å². The molecule has 0 radical (unpaired) electrons. The molecule has 1 aliphatic heterocycles. The maximum atomic E-state index is 13.5. The molecule has 7 nitrogen and oxygen atoms in total. The Kier molecular flexibility index (Phi) is 7.20. The summed E-state index contributed by atoms with van der Waals surface area (Å²) in [5.74, 6) is 0.391. The van der Waals surface area contributed by atoms with Crippen molar-refractivity contribution in [3.63, 3.8) is 0 Å². The van der Waals surface area contributed by atoms with Crippen molar-refractivity contribution in [1.29, 1.82) is 0 Å². The summed E-state index contributed by atoms with van der Waals surface area (Å²) in [6.45, 7) is 3.84. The van der Waals surface area contributed by atoms with Gasteiger partial charge in [-0.05, 0) is 67.3 Å². The number of halogens is 1. The lowest BCUT2D eigenvalue weighted by atomic mass is 10.2. The molecular weight excluding hydrogens is 479 g/mol. The summed E-state index contributed by atoms with van der Waals surface area (Å²) < 4.78 is 51.8. The molecule has 34 heavy (non-hydrogen) atoms. The molecule has 0 aliphatic carbocycles. The summed E-state index contributed by atoms with van der Waals surface area (Å²) in [7, 11) is -4.00. The standard InChI is InChI=1S/C24H25FN2O5S2/c1-17(2)27(34(29,30)21-8-6-19(25)7-9-21)15-24(28)26(14-20-4-3-11-33-20)13-18-5-10-22-23(12-18)32-16-31-22/h3-12,17H,13-16H2,1-2H3. The van der Waals surface area contributed by atoms with E-state index in [4.69, 9.17) is 9.47 Å². The van der Waals surface area contributed by atoms with Crippen LogP contribution >= 0.6 is 11.3 Å². The normalized spacial score (nSPS) is 13.0. The quantitative estimate of drug-likeness (QED) is 0.436. The highest BCUT2D eigenvalue weighted by atomic mass is 32.2. The molecule has 1 aromatic heterocycles. The largest absolute Gasteiger partial charge is 0.454 e. The third-order valence-electron chi connectivity index (χ3n) is 5.38. The molecule has 0 bridgehead atoms. The highest BCUT2D eigenvalue weighted by Crippen LogP contribution is 2.33. The zero-order valence-corrected chi connectivity index (χ0v) is 20.4. The summed E-state index contributed by atoms with van der Waals surface area (Å²) in [6.07, 6.45) is 0. The zero-order chi connectivity index (χ0) is 24.3. The second-order valence-corrected chi connectivity index (χ2v) is 11.0. The molecule has 180 valence electrons. The SMILES string of the molecule is CC(C)N(CC(=O)N(Cc1ccc2c(c1)OCO2)Cc1cccs1)S(=O)(=O)c1ccc(F)cc1. The van der Waals surface area contributed by atoms with Gasteiger partial charge in [-0.15, -0.1) is 11.3 Å². The van der Waals surface area contributed by atoms with E-state index in [2.05, 4.69) is 0 Å². The number of carbonyl (C=O) groups is 1. The molecule has 2 heterocycles. The molecule has 0 fully saturated rings. The Hall–Kier alpha value is -2.95. The number of fused-ring (bicyclic) bond motifs is 1. The van der Waals surface area contributed by atoms with E-state index >= 15 is 0 Å². The van der Waals surface area contributed by atoms with Crippen LogP contribution in [0.4, 0.5) is 4.39 Å². The van der Waals surface area contributed by atoms with E-state index in [0.29, 0.717) is 18.0 Å². The summed E-state index contributed by atoms with van der Waals surface area (Å²) >= 11 is 1.52. The molecular formula is C24H25FN2O5S2. The molecule has 0 N–H and O–H groups in total. The Morgan fingerprint density at radius 3 is 2.47 bits per heavy atom. The van der Waals surface area contributed by atoms with Gasteiger partial charge >= 0.3 is 0 Å². The molecule has 0 spiro atoms. The van der Waals surface area contributed by atoms with E-state index in [1.165, 1.54) is 23.5 Å². The number of rotatable bonds is 9. The number of ether oxygens (including phenoxy) is 2. The average Bonchev–Trinajstić information content (AvgIpc) is 3.48. The van der Waals surface area contributed by atoms with Gasteiger partial charge in [-0.2, -0.15) is 4.31 Å². The van der Waals surface area contributed by atoms with Crippen molar-refractivity contribution < 1.29 is 27.1 Å². The van der Waals surface area contributed by atoms with Gasteiger partial charge in [0.25, 0.3) is 0 Å². The molecule has 0 saturated heterocycles. The molecule has 1 aliphatic rings. The Morgan fingerprint density at radius 2 is 1.79 bits per heavy atom. The molecule has 1 amide bonds. The van der Waals surface area contributed by atoms with Gasteiger partial charge in [0.05, 0.1) is 18.0 Å². The lowest BCUT2D eigenvalue weighted by Gasteiger charge is -2.29. The third kappa shape index (κ3) is 5.40. The average molecular weight is 505 g/mol. The molecule has 0 unspecified atom stereocenters. The van der Waals surface area contributed by atoms with E-state index in [-0.39, 0.29) is 30.7 Å². The highest BCUT2D eigenvalue weighted by molar-refractivity contribution is 7.89. The summed E-state index contributed by atoms with van der Waals surface area (Å²) in [5.41, 5.74) is 0.839. The molecule has 2 aromatic carbocycles. The summed E-state index contributed by atoms with van der Waals surface area (Å²) in [5, 5.41) is 1.93. The lowest BCUT2D eigenvalue weighted by molar-refractivity contribution is -0.132. The molecule has 0 saturated carbocycles. The van der Waals surface area contributed by atoms with Crippen molar-refractivity contribution in [2.24, 2.45) is 0 Å². The number of thiophene rings is 1. The van der Waals surface area contributed by atoms with Crippen molar-refractivity contribution in [1.82, 2.24) is 9.21 Å². The first-order valence-corrected chi connectivity index (χ1v) is 13.0. The Balaban J connectivity index is 1.58. The van der Waals surface area contributed by atoms with E-state index < -0.39 is 21.9 Å². The first kappa shape index (κ1) is 24.2. The van der Waals surface area contributed by atoms with Crippen LogP contribution in [0.2, 0.25) is 0 Å². The molecule has 4 rings (SSSR count). The van der Waals surface area contributed by atoms with Crippen molar-refractivity contribution in [2.75, 3.05) is 13.3 Å². The van der Waals surface area contributed by atoms with Crippen LogP contribution in [0.5, 0.6) is 11.5 Å². The van der Waals surface area contributed by atoms with Crippen molar-refractivity contribution in [3.8, 4) is 11.5 Å². The van der Waals surface area contributed by atoms with E-state index in [1.54, 1.807) is 24.8 Å². The fourth-order valence-corrected chi connectivity index (χ4v) is 5.91. The van der Waals surface area contributed by atoms with Crippen LogP contribution in [-0.4, -0.2) is 42.9 Å². The van der Waals surface area contributed by atoms with Gasteiger partial charge in [-0.1, -0.05) is 12.1 Å².